The molecule has 0 saturated heterocycles. The fourth-order valence-electron chi connectivity index (χ4n) is 2.88. The topological polar surface area (TPSA) is 0 Å². The van der Waals surface area contributed by atoms with Gasteiger partial charge in [-0.25, -0.2) is 0 Å². The van der Waals surface area contributed by atoms with Crippen LogP contribution < -0.4 is 0 Å². The summed E-state index contributed by atoms with van der Waals surface area (Å²) in [5, 5.41) is 2.80. The lowest BCUT2D eigenvalue weighted by atomic mass is 9.95. The average Bonchev–Trinajstić information content (AvgIpc) is 2.42. The number of fused-ring (bicyclic) bond motifs is 2. The largest absolute Gasteiger partial charge is 0.0888 e. The van der Waals surface area contributed by atoms with Gasteiger partial charge in [0, 0.05) is 15.2 Å². The van der Waals surface area contributed by atoms with Gasteiger partial charge in [-0.3, -0.25) is 0 Å². The normalized spacial score (nSPS) is 12.5. The second kappa shape index (κ2) is 3.88. The summed E-state index contributed by atoms with van der Waals surface area (Å²) in [5.74, 6) is 0. The molecule has 1 aliphatic heterocycles. The summed E-state index contributed by atoms with van der Waals surface area (Å²) < 4.78 is 0. The summed E-state index contributed by atoms with van der Waals surface area (Å²) in [5.41, 5.74) is 5.44. The Morgan fingerprint density at radius 3 is 2.58 bits per heavy atom. The van der Waals surface area contributed by atoms with Crippen LogP contribution >= 0.6 is 11.8 Å². The van der Waals surface area contributed by atoms with E-state index in [0.717, 1.165) is 0 Å². The lowest BCUT2D eigenvalue weighted by Gasteiger charge is -2.21. The van der Waals surface area contributed by atoms with Gasteiger partial charge in [0.2, 0.25) is 0 Å². The van der Waals surface area contributed by atoms with Gasteiger partial charge in [-0.05, 0) is 53.6 Å². The van der Waals surface area contributed by atoms with Gasteiger partial charge in [0.1, 0.15) is 0 Å². The van der Waals surface area contributed by atoms with Crippen molar-refractivity contribution in [3.8, 4) is 11.1 Å². The molecule has 3 aromatic carbocycles. The Morgan fingerprint density at radius 1 is 0.789 bits per heavy atom. The van der Waals surface area contributed by atoms with Crippen LogP contribution in [0.4, 0.5) is 0 Å². The molecule has 1 aliphatic rings. The quantitative estimate of drug-likeness (QED) is 0.398. The molecule has 3 aromatic rings. The van der Waals surface area contributed by atoms with Gasteiger partial charge in [0.15, 0.2) is 0 Å². The van der Waals surface area contributed by atoms with Crippen LogP contribution in [-0.4, -0.2) is 0 Å². The zero-order chi connectivity index (χ0) is 13.0. The van der Waals surface area contributed by atoms with E-state index in [9.17, 15) is 0 Å². The zero-order valence-corrected chi connectivity index (χ0v) is 11.8. The molecular formula is C18H14S. The van der Waals surface area contributed by atoms with E-state index in [4.69, 9.17) is 0 Å². The van der Waals surface area contributed by atoms with Crippen LogP contribution in [0.5, 0.6) is 0 Å². The Bertz CT molecular complexity index is 815. The minimum absolute atomic E-state index is 1.33. The molecule has 0 radical (unpaired) electrons. The molecule has 0 nitrogen and oxygen atoms in total. The Morgan fingerprint density at radius 2 is 1.68 bits per heavy atom. The maximum absolute atomic E-state index is 2.29. The molecule has 0 aliphatic carbocycles. The summed E-state index contributed by atoms with van der Waals surface area (Å²) in [6, 6.07) is 17.9. The molecule has 0 aromatic heterocycles. The standard InChI is InChI=1S/C18H14S/c1-11-6-8-14-15-5-3-4-13-12(2)7-9-16(18(13)15)19-17(14)10-11/h3-10H,1-2H3. The van der Waals surface area contributed by atoms with Crippen LogP contribution in [0.25, 0.3) is 21.9 Å². The van der Waals surface area contributed by atoms with Crippen molar-refractivity contribution in [2.24, 2.45) is 0 Å². The first kappa shape index (κ1) is 11.1. The molecule has 0 amide bonds. The third kappa shape index (κ3) is 1.55. The van der Waals surface area contributed by atoms with Crippen molar-refractivity contribution in [2.75, 3.05) is 0 Å². The Hall–Kier alpha value is -1.73. The van der Waals surface area contributed by atoms with Crippen LogP contribution in [0.1, 0.15) is 11.1 Å². The monoisotopic (exact) mass is 262 g/mol. The third-order valence-corrected chi connectivity index (χ3v) is 4.99. The van der Waals surface area contributed by atoms with Gasteiger partial charge < -0.3 is 0 Å². The van der Waals surface area contributed by atoms with Crippen molar-refractivity contribution < 1.29 is 0 Å². The number of rotatable bonds is 0. The minimum Gasteiger partial charge on any atom is -0.0888 e. The minimum atomic E-state index is 1.33. The Balaban J connectivity index is 2.17. The third-order valence-electron chi connectivity index (χ3n) is 3.87. The predicted octanol–water partition coefficient (Wildman–Crippen LogP) is 5.59. The highest BCUT2D eigenvalue weighted by atomic mass is 32.2. The smallest absolute Gasteiger partial charge is 0.0207 e. The van der Waals surface area contributed by atoms with Gasteiger partial charge in [-0.15, -0.1) is 0 Å². The highest BCUT2D eigenvalue weighted by Crippen LogP contribution is 2.48. The zero-order valence-electron chi connectivity index (χ0n) is 11.0. The number of hydrogen-bond donors (Lipinski definition) is 0. The van der Waals surface area contributed by atoms with Crippen LogP contribution in [0.15, 0.2) is 58.3 Å². The van der Waals surface area contributed by atoms with Gasteiger partial charge >= 0.3 is 0 Å². The molecule has 0 bridgehead atoms. The molecule has 0 unspecified atom stereocenters. The molecule has 1 heterocycles. The molecule has 0 fully saturated rings. The second-order valence-electron chi connectivity index (χ2n) is 5.21. The van der Waals surface area contributed by atoms with Crippen LogP contribution in [0.3, 0.4) is 0 Å². The number of aryl methyl sites for hydroxylation is 2. The fraction of sp³-hybridized carbons (Fsp3) is 0.111. The summed E-state index contributed by atoms with van der Waals surface area (Å²) in [4.78, 5) is 2.76. The van der Waals surface area contributed by atoms with E-state index in [0.29, 0.717) is 0 Å². The Labute approximate surface area is 117 Å². The SMILES string of the molecule is Cc1ccc2c(c1)Sc1ccc(C)c3cccc-2c13. The second-order valence-corrected chi connectivity index (χ2v) is 6.29. The van der Waals surface area contributed by atoms with E-state index >= 15 is 0 Å². The van der Waals surface area contributed by atoms with E-state index in [-0.39, 0.29) is 0 Å². The van der Waals surface area contributed by atoms with Crippen LogP contribution in [0, 0.1) is 13.8 Å². The fourth-order valence-corrected chi connectivity index (χ4v) is 4.11. The molecular weight excluding hydrogens is 248 g/mol. The summed E-state index contributed by atoms with van der Waals surface area (Å²) >= 11 is 1.90. The maximum atomic E-state index is 2.29. The number of hydrogen-bond acceptors (Lipinski definition) is 1. The maximum Gasteiger partial charge on any atom is 0.0207 e. The van der Waals surface area contributed by atoms with E-state index in [1.165, 1.54) is 42.8 Å². The predicted molar refractivity (Wildman–Crippen MR) is 83.0 cm³/mol. The molecule has 1 heteroatoms. The van der Waals surface area contributed by atoms with Gasteiger partial charge in [0.05, 0.1) is 0 Å². The van der Waals surface area contributed by atoms with E-state index in [2.05, 4.69) is 62.4 Å². The number of benzene rings is 3. The van der Waals surface area contributed by atoms with Crippen LogP contribution in [-0.2, 0) is 0 Å². The molecule has 0 N–H and O–H groups in total. The molecule has 0 saturated carbocycles. The van der Waals surface area contributed by atoms with Crippen molar-refractivity contribution in [3.63, 3.8) is 0 Å². The van der Waals surface area contributed by atoms with Crippen molar-refractivity contribution in [2.45, 2.75) is 23.6 Å². The molecule has 4 rings (SSSR count). The first-order valence-electron chi connectivity index (χ1n) is 6.55. The first-order chi connectivity index (χ1) is 9.24. The average molecular weight is 262 g/mol. The molecule has 0 atom stereocenters. The molecule has 0 spiro atoms. The van der Waals surface area contributed by atoms with Gasteiger partial charge in [0.25, 0.3) is 0 Å². The van der Waals surface area contributed by atoms with Crippen LogP contribution in [0.2, 0.25) is 0 Å². The highest BCUT2D eigenvalue weighted by Gasteiger charge is 2.19. The van der Waals surface area contributed by atoms with Crippen molar-refractivity contribution in [3.05, 3.63) is 59.7 Å². The van der Waals surface area contributed by atoms with Crippen molar-refractivity contribution >= 4 is 22.5 Å². The van der Waals surface area contributed by atoms with E-state index in [1.54, 1.807) is 0 Å². The Kier molecular flexibility index (Phi) is 2.27. The highest BCUT2D eigenvalue weighted by molar-refractivity contribution is 7.99. The van der Waals surface area contributed by atoms with Gasteiger partial charge in [-0.2, -0.15) is 0 Å². The van der Waals surface area contributed by atoms with E-state index < -0.39 is 0 Å². The lowest BCUT2D eigenvalue weighted by molar-refractivity contribution is 1.33. The summed E-state index contributed by atoms with van der Waals surface area (Å²) in [6.07, 6.45) is 0. The summed E-state index contributed by atoms with van der Waals surface area (Å²) in [6.45, 7) is 4.35. The van der Waals surface area contributed by atoms with E-state index in [1.807, 2.05) is 11.8 Å². The summed E-state index contributed by atoms with van der Waals surface area (Å²) in [7, 11) is 0. The van der Waals surface area contributed by atoms with Crippen molar-refractivity contribution in [1.82, 2.24) is 0 Å². The van der Waals surface area contributed by atoms with Gasteiger partial charge in [-0.1, -0.05) is 48.2 Å². The van der Waals surface area contributed by atoms with Crippen molar-refractivity contribution in [1.29, 1.82) is 0 Å². The molecule has 92 valence electrons. The first-order valence-corrected chi connectivity index (χ1v) is 7.37. The molecule has 19 heavy (non-hydrogen) atoms. The lowest BCUT2D eigenvalue weighted by Crippen LogP contribution is -1.94.